The van der Waals surface area contributed by atoms with E-state index in [9.17, 15) is 4.79 Å². The number of carbonyl (C=O) groups excluding carboxylic acids is 1. The molecule has 1 amide bonds. The number of amides is 1. The van der Waals surface area contributed by atoms with Gasteiger partial charge in [-0.05, 0) is 20.1 Å². The molecule has 0 aliphatic rings. The fourth-order valence-electron chi connectivity index (χ4n) is 2.13. The predicted octanol–water partition coefficient (Wildman–Crippen LogP) is 2.20. The molecule has 3 aromatic heterocycles. The molecule has 24 heavy (non-hydrogen) atoms. The molecule has 0 aliphatic heterocycles. The fraction of sp³-hybridized carbons (Fsp3) is 0.267. The van der Waals surface area contributed by atoms with Gasteiger partial charge in [0.25, 0.3) is 5.91 Å². The normalized spacial score (nSPS) is 10.8. The van der Waals surface area contributed by atoms with Crippen LogP contribution in [0.25, 0.3) is 5.65 Å². The number of aromatic nitrogens is 5. The van der Waals surface area contributed by atoms with E-state index in [0.717, 1.165) is 5.69 Å². The van der Waals surface area contributed by atoms with Gasteiger partial charge >= 0.3 is 0 Å². The second-order valence-electron chi connectivity index (χ2n) is 4.88. The molecular weight excluding hydrogens is 328 g/mol. The molecule has 3 aromatic rings. The third-order valence-corrected chi connectivity index (χ3v) is 3.71. The molecule has 0 unspecified atom stereocenters. The van der Waals surface area contributed by atoms with Gasteiger partial charge in [-0.15, -0.1) is 0 Å². The molecule has 3 heterocycles. The van der Waals surface area contributed by atoms with Crippen molar-refractivity contribution >= 4 is 29.1 Å². The van der Waals surface area contributed by atoms with Crippen molar-refractivity contribution in [3.8, 4) is 5.88 Å². The largest absolute Gasteiger partial charge is 0.477 e. The first-order chi connectivity index (χ1) is 11.6. The summed E-state index contributed by atoms with van der Waals surface area (Å²) in [5.41, 5.74) is 1.85. The zero-order chi connectivity index (χ0) is 17.1. The van der Waals surface area contributed by atoms with Crippen LogP contribution < -0.4 is 10.1 Å². The Kier molecular flexibility index (Phi) is 4.61. The van der Waals surface area contributed by atoms with Crippen molar-refractivity contribution in [3.63, 3.8) is 0 Å². The molecule has 0 radical (unpaired) electrons. The third-order valence-electron chi connectivity index (χ3n) is 3.14. The number of ether oxygens (including phenoxy) is 1. The lowest BCUT2D eigenvalue weighted by atomic mass is 10.3. The van der Waals surface area contributed by atoms with Crippen LogP contribution in [0.15, 0.2) is 29.9 Å². The van der Waals surface area contributed by atoms with Gasteiger partial charge in [-0.25, -0.2) is 15.0 Å². The molecule has 0 aromatic carbocycles. The summed E-state index contributed by atoms with van der Waals surface area (Å²) >= 11 is 1.38. The Hall–Kier alpha value is -2.68. The zero-order valence-corrected chi connectivity index (χ0v) is 14.3. The number of anilines is 1. The topological polar surface area (TPSA) is 94.3 Å². The molecule has 1 N–H and O–H groups in total. The monoisotopic (exact) mass is 344 g/mol. The van der Waals surface area contributed by atoms with Gasteiger partial charge in [-0.3, -0.25) is 4.79 Å². The van der Waals surface area contributed by atoms with Crippen LogP contribution >= 0.6 is 11.8 Å². The van der Waals surface area contributed by atoms with Crippen LogP contribution in [0.3, 0.4) is 0 Å². The highest BCUT2D eigenvalue weighted by molar-refractivity contribution is 7.98. The number of hydrogen-bond donors (Lipinski definition) is 1. The van der Waals surface area contributed by atoms with Crippen LogP contribution in [0.4, 0.5) is 5.82 Å². The highest BCUT2D eigenvalue weighted by atomic mass is 32.2. The molecule has 8 nitrogen and oxygen atoms in total. The van der Waals surface area contributed by atoms with E-state index < -0.39 is 0 Å². The third kappa shape index (κ3) is 3.30. The van der Waals surface area contributed by atoms with Crippen LogP contribution in [-0.4, -0.2) is 43.1 Å². The van der Waals surface area contributed by atoms with E-state index in [4.69, 9.17) is 4.74 Å². The van der Waals surface area contributed by atoms with Gasteiger partial charge in [0.05, 0.1) is 24.7 Å². The van der Waals surface area contributed by atoms with E-state index in [-0.39, 0.29) is 17.4 Å². The molecule has 0 aliphatic carbocycles. The lowest BCUT2D eigenvalue weighted by Crippen LogP contribution is -2.16. The number of aryl methyl sites for hydroxylation is 1. The second-order valence-corrected chi connectivity index (χ2v) is 5.66. The van der Waals surface area contributed by atoms with Crippen LogP contribution in [0.1, 0.15) is 23.0 Å². The van der Waals surface area contributed by atoms with Crippen LogP contribution in [0, 0.1) is 6.92 Å². The average molecular weight is 344 g/mol. The maximum Gasteiger partial charge on any atom is 0.263 e. The number of nitrogens with one attached hydrogen (secondary N) is 1. The fourth-order valence-corrected chi connectivity index (χ4v) is 2.46. The van der Waals surface area contributed by atoms with Gasteiger partial charge in [0.2, 0.25) is 5.88 Å². The van der Waals surface area contributed by atoms with Gasteiger partial charge in [0, 0.05) is 12.4 Å². The summed E-state index contributed by atoms with van der Waals surface area (Å²) in [7, 11) is 0. The summed E-state index contributed by atoms with van der Waals surface area (Å²) in [4.78, 5) is 29.4. The van der Waals surface area contributed by atoms with Crippen LogP contribution in [-0.2, 0) is 0 Å². The molecule has 0 saturated heterocycles. The minimum atomic E-state index is -0.380. The second kappa shape index (κ2) is 6.83. The van der Waals surface area contributed by atoms with Crippen molar-refractivity contribution in [3.05, 3.63) is 36.0 Å². The van der Waals surface area contributed by atoms with E-state index in [0.29, 0.717) is 23.2 Å². The Labute approximate surface area is 142 Å². The van der Waals surface area contributed by atoms with E-state index in [1.807, 2.05) is 26.3 Å². The first kappa shape index (κ1) is 16.2. The molecular formula is C15H16N6O2S. The molecule has 0 atom stereocenters. The maximum absolute atomic E-state index is 12.5. The minimum Gasteiger partial charge on any atom is -0.477 e. The highest BCUT2D eigenvalue weighted by Crippen LogP contribution is 2.20. The van der Waals surface area contributed by atoms with Gasteiger partial charge in [-0.1, -0.05) is 11.8 Å². The summed E-state index contributed by atoms with van der Waals surface area (Å²) in [5.74, 6) is 0.282. The molecule has 0 spiro atoms. The van der Waals surface area contributed by atoms with Gasteiger partial charge in [0.1, 0.15) is 11.4 Å². The summed E-state index contributed by atoms with van der Waals surface area (Å²) < 4.78 is 7.25. The first-order valence-corrected chi connectivity index (χ1v) is 8.49. The van der Waals surface area contributed by atoms with Crippen LogP contribution in [0.2, 0.25) is 0 Å². The summed E-state index contributed by atoms with van der Waals surface area (Å²) in [6.45, 7) is 4.13. The molecule has 3 rings (SSSR count). The SMILES string of the molecule is CCOc1nc(SC)ncc1C(=O)Nc1cn2cc(C)nc2cn1. The predicted molar refractivity (Wildman–Crippen MR) is 90.7 cm³/mol. The smallest absolute Gasteiger partial charge is 0.263 e. The molecule has 0 bridgehead atoms. The Morgan fingerprint density at radius 3 is 2.88 bits per heavy atom. The Bertz CT molecular complexity index is 895. The van der Waals surface area contributed by atoms with Gasteiger partial charge in [0.15, 0.2) is 10.8 Å². The van der Waals surface area contributed by atoms with Crippen molar-refractivity contribution < 1.29 is 9.53 Å². The number of carbonyl (C=O) groups is 1. The number of hydrogen-bond acceptors (Lipinski definition) is 7. The maximum atomic E-state index is 12.5. The molecule has 124 valence electrons. The highest BCUT2D eigenvalue weighted by Gasteiger charge is 2.17. The minimum absolute atomic E-state index is 0.258. The molecule has 0 saturated carbocycles. The van der Waals surface area contributed by atoms with Gasteiger partial charge in [-0.2, -0.15) is 4.98 Å². The van der Waals surface area contributed by atoms with Crippen LogP contribution in [0.5, 0.6) is 5.88 Å². The Morgan fingerprint density at radius 1 is 1.29 bits per heavy atom. The first-order valence-electron chi connectivity index (χ1n) is 7.27. The number of thioether (sulfide) groups is 1. The van der Waals surface area contributed by atoms with E-state index in [1.165, 1.54) is 18.0 Å². The number of rotatable bonds is 5. The van der Waals surface area contributed by atoms with Crippen molar-refractivity contribution in [2.75, 3.05) is 18.2 Å². The average Bonchev–Trinajstić information content (AvgIpc) is 2.94. The summed E-state index contributed by atoms with van der Waals surface area (Å²) in [5, 5.41) is 3.28. The number of nitrogens with zero attached hydrogens (tertiary/aromatic N) is 5. The van der Waals surface area contributed by atoms with Crippen molar-refractivity contribution in [1.29, 1.82) is 0 Å². The number of imidazole rings is 1. The van der Waals surface area contributed by atoms with Gasteiger partial charge < -0.3 is 14.5 Å². The summed E-state index contributed by atoms with van der Waals surface area (Å²) in [6.07, 6.45) is 8.47. The Morgan fingerprint density at radius 2 is 2.12 bits per heavy atom. The summed E-state index contributed by atoms with van der Waals surface area (Å²) in [6, 6.07) is 0. The van der Waals surface area contributed by atoms with Crippen molar-refractivity contribution in [1.82, 2.24) is 24.3 Å². The lowest BCUT2D eigenvalue weighted by molar-refractivity contribution is 0.102. The molecule has 9 heteroatoms. The standard InChI is InChI=1S/C15H16N6O2S/c1-4-23-14-10(5-17-15(20-14)24-3)13(22)19-11-8-21-7-9(2)18-12(21)6-16-11/h5-8H,4H2,1-3H3,(H,19,22). The zero-order valence-electron chi connectivity index (χ0n) is 13.5. The lowest BCUT2D eigenvalue weighted by Gasteiger charge is -2.10. The van der Waals surface area contributed by atoms with Crippen molar-refractivity contribution in [2.45, 2.75) is 19.0 Å². The van der Waals surface area contributed by atoms with E-state index in [2.05, 4.69) is 25.3 Å². The quantitative estimate of drug-likeness (QED) is 0.560. The number of fused-ring (bicyclic) bond motifs is 1. The molecule has 0 fully saturated rings. The van der Waals surface area contributed by atoms with E-state index >= 15 is 0 Å². The Balaban J connectivity index is 1.87. The van der Waals surface area contributed by atoms with E-state index in [1.54, 1.807) is 16.8 Å². The van der Waals surface area contributed by atoms with Crippen molar-refractivity contribution in [2.24, 2.45) is 0 Å².